The van der Waals surface area contributed by atoms with Crippen LogP contribution in [0.2, 0.25) is 0 Å². The first-order valence-corrected chi connectivity index (χ1v) is 3.62. The summed E-state index contributed by atoms with van der Waals surface area (Å²) in [5.74, 6) is -0.303. The Morgan fingerprint density at radius 3 is 2.10 bits per heavy atom. The van der Waals surface area contributed by atoms with Crippen LogP contribution in [0.5, 0.6) is 0 Å². The average molecular weight is 185 g/mol. The van der Waals surface area contributed by atoms with Crippen LogP contribution < -0.4 is 0 Å². The van der Waals surface area contributed by atoms with Crippen LogP contribution in [-0.4, -0.2) is 18.4 Å². The van der Waals surface area contributed by atoms with Crippen molar-refractivity contribution < 1.29 is 9.53 Å². The average Bonchev–Trinajstić information content (AvgIpc) is 1.90. The summed E-state index contributed by atoms with van der Waals surface area (Å²) in [6.45, 7) is 1.76. The van der Waals surface area contributed by atoms with Gasteiger partial charge in [0.2, 0.25) is 0 Å². The molecule has 0 aromatic carbocycles. The second-order valence-electron chi connectivity index (χ2n) is 1.12. The zero-order valence-corrected chi connectivity index (χ0v) is 7.45. The van der Waals surface area contributed by atoms with Crippen LogP contribution in [0.25, 0.3) is 0 Å². The largest absolute Gasteiger partial charge is 0.466 e. The van der Waals surface area contributed by atoms with Gasteiger partial charge in [-0.15, -0.1) is 23.2 Å². The summed E-state index contributed by atoms with van der Waals surface area (Å²) in [5.41, 5.74) is 0. The molecule has 0 radical (unpaired) electrons. The van der Waals surface area contributed by atoms with Gasteiger partial charge in [0.15, 0.2) is 0 Å². The highest BCUT2D eigenvalue weighted by Gasteiger charge is 1.84. The van der Waals surface area contributed by atoms with Crippen molar-refractivity contribution in [3.05, 3.63) is 12.2 Å². The van der Waals surface area contributed by atoms with Crippen LogP contribution in [0, 0.1) is 0 Å². The Hall–Kier alpha value is -0.210. The molecule has 0 saturated heterocycles. The van der Waals surface area contributed by atoms with E-state index in [4.69, 9.17) is 23.2 Å². The normalized spacial score (nSPS) is 8.40. The number of carbonyl (C=O) groups is 1. The van der Waals surface area contributed by atoms with Gasteiger partial charge in [0.25, 0.3) is 0 Å². The molecule has 0 atom stereocenters. The first-order chi connectivity index (χ1) is 4.72. The van der Waals surface area contributed by atoms with Crippen molar-refractivity contribution in [3.63, 3.8) is 0 Å². The molecule has 0 spiro atoms. The van der Waals surface area contributed by atoms with Crippen LogP contribution in [-0.2, 0) is 9.53 Å². The van der Waals surface area contributed by atoms with E-state index < -0.39 is 0 Å². The number of halogens is 2. The Balaban J connectivity index is 0. The Labute approximate surface area is 70.8 Å². The van der Waals surface area contributed by atoms with E-state index in [1.54, 1.807) is 13.0 Å². The fraction of sp³-hybridized carbons (Fsp3) is 0.500. The van der Waals surface area contributed by atoms with Gasteiger partial charge in [-0.3, -0.25) is 0 Å². The summed E-state index contributed by atoms with van der Waals surface area (Å²) in [7, 11) is 1.35. The third-order valence-electron chi connectivity index (χ3n) is 0.504. The lowest BCUT2D eigenvalue weighted by molar-refractivity contribution is -0.134. The second-order valence-corrected chi connectivity index (χ2v) is 1.93. The first kappa shape index (κ1) is 12.5. The summed E-state index contributed by atoms with van der Waals surface area (Å²) < 4.78 is 4.26. The van der Waals surface area contributed by atoms with Gasteiger partial charge >= 0.3 is 5.97 Å². The van der Waals surface area contributed by atoms with Gasteiger partial charge in [0.1, 0.15) is 0 Å². The molecule has 0 saturated carbocycles. The Kier molecular flexibility index (Phi) is 14.4. The van der Waals surface area contributed by atoms with Crippen LogP contribution in [0.1, 0.15) is 6.92 Å². The molecule has 0 heterocycles. The number of methoxy groups -OCH3 is 1. The number of rotatable bonds is 1. The third-order valence-corrected chi connectivity index (χ3v) is 0.504. The molecule has 0 aliphatic rings. The summed E-state index contributed by atoms with van der Waals surface area (Å²) >= 11 is 9.53. The minimum absolute atomic E-state index is 0.194. The molecule has 0 fully saturated rings. The standard InChI is InChI=1S/C5H8O2.CH2Cl2/c1-3-4-5(6)7-2;2-1-3/h3-4H,1-2H3;1H2/b4-3+;. The fourth-order valence-corrected chi connectivity index (χ4v) is 0.204. The van der Waals surface area contributed by atoms with Crippen molar-refractivity contribution in [2.24, 2.45) is 0 Å². The minimum Gasteiger partial charge on any atom is -0.466 e. The van der Waals surface area contributed by atoms with Crippen LogP contribution in [0.15, 0.2) is 12.2 Å². The molecule has 10 heavy (non-hydrogen) atoms. The monoisotopic (exact) mass is 184 g/mol. The number of allylic oxidation sites excluding steroid dienone is 1. The molecule has 0 aliphatic carbocycles. The smallest absolute Gasteiger partial charge is 0.330 e. The highest BCUT2D eigenvalue weighted by molar-refractivity contribution is 6.40. The quantitative estimate of drug-likeness (QED) is 0.355. The number of hydrogen-bond acceptors (Lipinski definition) is 2. The fourth-order valence-electron chi connectivity index (χ4n) is 0.204. The predicted molar refractivity (Wildman–Crippen MR) is 43.4 cm³/mol. The molecule has 0 amide bonds. The highest BCUT2D eigenvalue weighted by atomic mass is 35.5. The molecule has 0 unspecified atom stereocenters. The van der Waals surface area contributed by atoms with E-state index >= 15 is 0 Å². The molecular weight excluding hydrogens is 175 g/mol. The summed E-state index contributed by atoms with van der Waals surface area (Å²) in [6.07, 6.45) is 2.99. The molecule has 0 N–H and O–H groups in total. The van der Waals surface area contributed by atoms with Gasteiger partial charge in [0.05, 0.1) is 12.4 Å². The van der Waals surface area contributed by atoms with Gasteiger partial charge in [-0.05, 0) is 6.92 Å². The number of alkyl halides is 2. The predicted octanol–water partition coefficient (Wildman–Crippen LogP) is 2.16. The van der Waals surface area contributed by atoms with Crippen molar-refractivity contribution >= 4 is 29.2 Å². The first-order valence-electron chi connectivity index (χ1n) is 2.55. The van der Waals surface area contributed by atoms with E-state index in [0.717, 1.165) is 0 Å². The second kappa shape index (κ2) is 11.6. The molecular formula is C6H10Cl2O2. The van der Waals surface area contributed by atoms with Gasteiger partial charge in [0, 0.05) is 6.08 Å². The molecule has 4 heteroatoms. The lowest BCUT2D eigenvalue weighted by Crippen LogP contribution is -1.92. The number of esters is 1. The Morgan fingerprint density at radius 1 is 1.60 bits per heavy atom. The minimum atomic E-state index is -0.303. The molecule has 0 aromatic rings. The maximum absolute atomic E-state index is 10.1. The third kappa shape index (κ3) is 15.7. The van der Waals surface area contributed by atoms with Crippen molar-refractivity contribution in [1.82, 2.24) is 0 Å². The van der Waals surface area contributed by atoms with E-state index in [9.17, 15) is 4.79 Å². The summed E-state index contributed by atoms with van der Waals surface area (Å²) in [6, 6.07) is 0. The molecule has 2 nitrogen and oxygen atoms in total. The molecule has 0 aromatic heterocycles. The maximum atomic E-state index is 10.1. The van der Waals surface area contributed by atoms with Gasteiger partial charge < -0.3 is 4.74 Å². The van der Waals surface area contributed by atoms with E-state index in [1.807, 2.05) is 0 Å². The lowest BCUT2D eigenvalue weighted by Gasteiger charge is -1.84. The van der Waals surface area contributed by atoms with E-state index in [1.165, 1.54) is 13.2 Å². The molecule has 0 rings (SSSR count). The van der Waals surface area contributed by atoms with Crippen molar-refractivity contribution in [2.45, 2.75) is 6.92 Å². The topological polar surface area (TPSA) is 26.3 Å². The van der Waals surface area contributed by atoms with Gasteiger partial charge in [-0.1, -0.05) is 6.08 Å². The van der Waals surface area contributed by atoms with Gasteiger partial charge in [-0.25, -0.2) is 4.79 Å². The SMILES string of the molecule is C/C=C/C(=O)OC.ClCCl. The maximum Gasteiger partial charge on any atom is 0.330 e. The van der Waals surface area contributed by atoms with Crippen molar-refractivity contribution in [3.8, 4) is 0 Å². The van der Waals surface area contributed by atoms with Crippen molar-refractivity contribution in [1.29, 1.82) is 0 Å². The van der Waals surface area contributed by atoms with E-state index in [0.29, 0.717) is 0 Å². The van der Waals surface area contributed by atoms with Gasteiger partial charge in [-0.2, -0.15) is 0 Å². The Morgan fingerprint density at radius 2 is 2.00 bits per heavy atom. The molecule has 0 aliphatic heterocycles. The number of ether oxygens (including phenoxy) is 1. The van der Waals surface area contributed by atoms with Crippen LogP contribution in [0.3, 0.4) is 0 Å². The number of carbonyl (C=O) groups excluding carboxylic acids is 1. The van der Waals surface area contributed by atoms with E-state index in [-0.39, 0.29) is 11.3 Å². The zero-order chi connectivity index (χ0) is 8.41. The lowest BCUT2D eigenvalue weighted by atomic mass is 10.5. The zero-order valence-electron chi connectivity index (χ0n) is 5.93. The Bertz CT molecular complexity index is 102. The van der Waals surface area contributed by atoms with Crippen LogP contribution >= 0.6 is 23.2 Å². The van der Waals surface area contributed by atoms with Crippen LogP contribution in [0.4, 0.5) is 0 Å². The van der Waals surface area contributed by atoms with Crippen molar-refractivity contribution in [2.75, 3.05) is 12.4 Å². The molecule has 0 bridgehead atoms. The summed E-state index contributed by atoms with van der Waals surface area (Å²) in [4.78, 5) is 10.1. The number of hydrogen-bond donors (Lipinski definition) is 0. The molecule has 60 valence electrons. The van der Waals surface area contributed by atoms with E-state index in [2.05, 4.69) is 4.74 Å². The summed E-state index contributed by atoms with van der Waals surface area (Å²) in [5, 5.41) is 0.194. The highest BCUT2D eigenvalue weighted by Crippen LogP contribution is 1.73.